The van der Waals surface area contributed by atoms with Crippen LogP contribution in [0.1, 0.15) is 0 Å². The highest BCUT2D eigenvalue weighted by Crippen LogP contribution is 2.11. The van der Waals surface area contributed by atoms with Crippen LogP contribution in [0.15, 0.2) is 42.9 Å². The molecule has 1 aromatic heterocycles. The number of hydrogen-bond donors (Lipinski definition) is 2. The highest BCUT2D eigenvalue weighted by molar-refractivity contribution is 5.29. The molecule has 1 heterocycles. The number of nitrogens with one attached hydrogen (secondary N) is 1. The van der Waals surface area contributed by atoms with Crippen LogP contribution >= 0.6 is 0 Å². The summed E-state index contributed by atoms with van der Waals surface area (Å²) in [5, 5.41) is 12.6. The molecule has 0 aliphatic heterocycles. The molecular weight excluding hydrogens is 249 g/mol. The first-order valence-corrected chi connectivity index (χ1v) is 5.80. The number of anilines is 1. The van der Waals surface area contributed by atoms with Crippen LogP contribution in [0.2, 0.25) is 0 Å². The van der Waals surface area contributed by atoms with Gasteiger partial charge in [0.2, 0.25) is 0 Å². The van der Waals surface area contributed by atoms with E-state index in [1.807, 2.05) is 0 Å². The smallest absolute Gasteiger partial charge is 0.144 e. The molecule has 100 valence electrons. The van der Waals surface area contributed by atoms with Crippen molar-refractivity contribution in [3.63, 3.8) is 0 Å². The van der Waals surface area contributed by atoms with Gasteiger partial charge in [-0.2, -0.15) is 0 Å². The first-order chi connectivity index (χ1) is 9.24. The van der Waals surface area contributed by atoms with Crippen molar-refractivity contribution in [2.75, 3.05) is 18.5 Å². The quantitative estimate of drug-likeness (QED) is 0.826. The lowest BCUT2D eigenvalue weighted by Gasteiger charge is -2.13. The normalized spacial score (nSPS) is 11.9. The van der Waals surface area contributed by atoms with E-state index in [4.69, 9.17) is 4.74 Å². The van der Waals surface area contributed by atoms with Gasteiger partial charge in [-0.25, -0.2) is 9.37 Å². The molecule has 2 aromatic rings. The summed E-state index contributed by atoms with van der Waals surface area (Å²) in [6.45, 7) is 0.402. The molecule has 1 atom stereocenters. The van der Waals surface area contributed by atoms with Crippen LogP contribution in [0.4, 0.5) is 10.2 Å². The Kier molecular flexibility index (Phi) is 4.63. The Morgan fingerprint density at radius 3 is 2.74 bits per heavy atom. The molecule has 19 heavy (non-hydrogen) atoms. The van der Waals surface area contributed by atoms with E-state index < -0.39 is 6.10 Å². The lowest BCUT2D eigenvalue weighted by Crippen LogP contribution is -2.26. The van der Waals surface area contributed by atoms with Crippen LogP contribution in [-0.2, 0) is 0 Å². The predicted octanol–water partition coefficient (Wildman–Crippen LogP) is 1.47. The average molecular weight is 263 g/mol. The van der Waals surface area contributed by atoms with Crippen LogP contribution < -0.4 is 10.1 Å². The molecule has 0 fully saturated rings. The molecule has 1 unspecified atom stereocenters. The van der Waals surface area contributed by atoms with Gasteiger partial charge in [-0.05, 0) is 24.3 Å². The molecule has 2 rings (SSSR count). The lowest BCUT2D eigenvalue weighted by atomic mass is 10.3. The molecule has 0 spiro atoms. The maximum absolute atomic E-state index is 12.7. The van der Waals surface area contributed by atoms with Crippen molar-refractivity contribution < 1.29 is 14.2 Å². The third-order valence-corrected chi connectivity index (χ3v) is 2.34. The topological polar surface area (TPSA) is 67.3 Å². The van der Waals surface area contributed by atoms with Crippen molar-refractivity contribution in [3.05, 3.63) is 48.7 Å². The average Bonchev–Trinajstić information content (AvgIpc) is 2.45. The van der Waals surface area contributed by atoms with Crippen LogP contribution in [0.25, 0.3) is 0 Å². The van der Waals surface area contributed by atoms with E-state index in [0.717, 1.165) is 0 Å². The molecule has 5 nitrogen and oxygen atoms in total. The fourth-order valence-corrected chi connectivity index (χ4v) is 1.39. The zero-order valence-electron chi connectivity index (χ0n) is 10.2. The maximum atomic E-state index is 12.7. The van der Waals surface area contributed by atoms with Crippen LogP contribution in [0.3, 0.4) is 0 Å². The molecule has 1 aromatic carbocycles. The SMILES string of the molecule is OC(CNc1cnccn1)COc1ccc(F)cc1. The standard InChI is InChI=1S/C13H14FN3O2/c14-10-1-3-12(4-2-10)19-9-11(18)7-17-13-8-15-5-6-16-13/h1-6,8,11,18H,7,9H2,(H,16,17). The Bertz CT molecular complexity index is 493. The summed E-state index contributed by atoms with van der Waals surface area (Å²) in [6.07, 6.45) is 3.99. The van der Waals surface area contributed by atoms with Crippen molar-refractivity contribution in [2.45, 2.75) is 6.10 Å². The predicted molar refractivity (Wildman–Crippen MR) is 68.4 cm³/mol. The summed E-state index contributed by atoms with van der Waals surface area (Å²) < 4.78 is 18.0. The second kappa shape index (κ2) is 6.65. The monoisotopic (exact) mass is 263 g/mol. The van der Waals surface area contributed by atoms with Gasteiger partial charge in [0.15, 0.2) is 0 Å². The second-order valence-corrected chi connectivity index (χ2v) is 3.89. The van der Waals surface area contributed by atoms with Gasteiger partial charge in [-0.15, -0.1) is 0 Å². The van der Waals surface area contributed by atoms with Gasteiger partial charge >= 0.3 is 0 Å². The van der Waals surface area contributed by atoms with Gasteiger partial charge in [0.1, 0.15) is 30.1 Å². The van der Waals surface area contributed by atoms with Crippen LogP contribution in [0, 0.1) is 5.82 Å². The second-order valence-electron chi connectivity index (χ2n) is 3.89. The van der Waals surface area contributed by atoms with Gasteiger partial charge in [-0.3, -0.25) is 4.98 Å². The summed E-state index contributed by atoms with van der Waals surface area (Å²) >= 11 is 0. The number of halogens is 1. The van der Waals surface area contributed by atoms with E-state index in [0.29, 0.717) is 18.1 Å². The molecule has 0 saturated carbocycles. The van der Waals surface area contributed by atoms with Gasteiger partial charge in [-0.1, -0.05) is 0 Å². The minimum absolute atomic E-state index is 0.110. The van der Waals surface area contributed by atoms with E-state index >= 15 is 0 Å². The van der Waals surface area contributed by atoms with Crippen molar-refractivity contribution in [3.8, 4) is 5.75 Å². The Labute approximate surface area is 110 Å². The molecule has 2 N–H and O–H groups in total. The van der Waals surface area contributed by atoms with E-state index in [-0.39, 0.29) is 12.4 Å². The number of aliphatic hydroxyl groups is 1. The van der Waals surface area contributed by atoms with Crippen LogP contribution in [-0.4, -0.2) is 34.3 Å². The summed E-state index contributed by atoms with van der Waals surface area (Å²) in [5.41, 5.74) is 0. The largest absolute Gasteiger partial charge is 0.491 e. The number of nitrogens with zero attached hydrogens (tertiary/aromatic N) is 2. The van der Waals surface area contributed by atoms with E-state index in [2.05, 4.69) is 15.3 Å². The van der Waals surface area contributed by atoms with Gasteiger partial charge in [0.25, 0.3) is 0 Å². The first-order valence-electron chi connectivity index (χ1n) is 5.80. The molecule has 0 amide bonds. The van der Waals surface area contributed by atoms with Crippen LogP contribution in [0.5, 0.6) is 5.75 Å². The minimum atomic E-state index is -0.702. The molecule has 6 heteroatoms. The van der Waals surface area contributed by atoms with Gasteiger partial charge in [0, 0.05) is 18.9 Å². The maximum Gasteiger partial charge on any atom is 0.144 e. The summed E-state index contributed by atoms with van der Waals surface area (Å²) in [7, 11) is 0. The summed E-state index contributed by atoms with van der Waals surface area (Å²) in [4.78, 5) is 7.90. The van der Waals surface area contributed by atoms with Crippen molar-refractivity contribution in [1.29, 1.82) is 0 Å². The molecule has 0 aliphatic carbocycles. The Morgan fingerprint density at radius 1 is 1.26 bits per heavy atom. The first kappa shape index (κ1) is 13.2. The van der Waals surface area contributed by atoms with Crippen molar-refractivity contribution in [2.24, 2.45) is 0 Å². The van der Waals surface area contributed by atoms with Gasteiger partial charge in [0.05, 0.1) is 6.20 Å². The number of aliphatic hydroxyl groups excluding tert-OH is 1. The number of rotatable bonds is 6. The molecule has 0 saturated heterocycles. The fourth-order valence-electron chi connectivity index (χ4n) is 1.39. The Hall–Kier alpha value is -2.21. The third-order valence-electron chi connectivity index (χ3n) is 2.34. The summed E-state index contributed by atoms with van der Waals surface area (Å²) in [6, 6.07) is 5.63. The van der Waals surface area contributed by atoms with Gasteiger partial charge < -0.3 is 15.2 Å². The van der Waals surface area contributed by atoms with Crippen molar-refractivity contribution >= 4 is 5.82 Å². The third kappa shape index (κ3) is 4.51. The van der Waals surface area contributed by atoms with E-state index in [9.17, 15) is 9.50 Å². The Balaban J connectivity index is 1.72. The number of benzene rings is 1. The van der Waals surface area contributed by atoms with E-state index in [1.54, 1.807) is 18.6 Å². The number of hydrogen-bond acceptors (Lipinski definition) is 5. The number of aromatic nitrogens is 2. The van der Waals surface area contributed by atoms with E-state index in [1.165, 1.54) is 24.3 Å². The molecule has 0 radical (unpaired) electrons. The zero-order valence-corrected chi connectivity index (χ0v) is 10.2. The Morgan fingerprint density at radius 2 is 2.05 bits per heavy atom. The molecular formula is C13H14FN3O2. The fraction of sp³-hybridized carbons (Fsp3) is 0.231. The minimum Gasteiger partial charge on any atom is -0.491 e. The zero-order chi connectivity index (χ0) is 13.5. The lowest BCUT2D eigenvalue weighted by molar-refractivity contribution is 0.117. The number of ether oxygens (including phenoxy) is 1. The highest BCUT2D eigenvalue weighted by Gasteiger charge is 2.05. The molecule has 0 aliphatic rings. The summed E-state index contributed by atoms with van der Waals surface area (Å²) in [5.74, 6) is 0.778. The van der Waals surface area contributed by atoms with Crippen molar-refractivity contribution in [1.82, 2.24) is 9.97 Å². The molecule has 0 bridgehead atoms. The highest BCUT2D eigenvalue weighted by atomic mass is 19.1.